The molecule has 1 heterocycles. The van der Waals surface area contributed by atoms with Crippen molar-refractivity contribution in [1.82, 2.24) is 10.2 Å². The summed E-state index contributed by atoms with van der Waals surface area (Å²) in [5, 5.41) is 2.63. The third-order valence-corrected chi connectivity index (χ3v) is 3.13. The van der Waals surface area contributed by atoms with E-state index in [1.807, 2.05) is 12.1 Å². The van der Waals surface area contributed by atoms with Crippen LogP contribution in [0.15, 0.2) is 18.2 Å². The Morgan fingerprint density at radius 1 is 1.29 bits per heavy atom. The first-order valence-corrected chi connectivity index (χ1v) is 5.87. The van der Waals surface area contributed by atoms with Crippen LogP contribution in [0.4, 0.5) is 5.69 Å². The average Bonchev–Trinajstić information content (AvgIpc) is 2.39. The van der Waals surface area contributed by atoms with Crippen LogP contribution in [0.1, 0.15) is 10.4 Å². The Kier molecular flexibility index (Phi) is 3.64. The minimum absolute atomic E-state index is 0.0581. The quantitative estimate of drug-likeness (QED) is 0.811. The number of nitrogens with zero attached hydrogens (tertiary/aromatic N) is 2. The average molecular weight is 232 g/mol. The summed E-state index contributed by atoms with van der Waals surface area (Å²) in [6.07, 6.45) is 0. The highest BCUT2D eigenvalue weighted by Gasteiger charge is 2.15. The maximum absolute atomic E-state index is 11.5. The zero-order valence-electron chi connectivity index (χ0n) is 10.4. The normalized spacial score (nSPS) is 16.9. The molecule has 2 rings (SSSR count). The summed E-state index contributed by atoms with van der Waals surface area (Å²) in [6.45, 7) is 4.12. The number of likely N-dealkylation sites (N-methyl/N-ethyl adjacent to an activating group) is 1. The van der Waals surface area contributed by atoms with Crippen LogP contribution in [0.5, 0.6) is 0 Å². The number of nitrogens with one attached hydrogen (secondary N) is 1. The molecule has 1 aromatic carbocycles. The molecule has 0 atom stereocenters. The summed E-state index contributed by atoms with van der Waals surface area (Å²) < 4.78 is 0. The van der Waals surface area contributed by atoms with Gasteiger partial charge in [-0.15, -0.1) is 0 Å². The molecular weight excluding hydrogens is 214 g/mol. The van der Waals surface area contributed by atoms with Gasteiger partial charge in [-0.25, -0.2) is 0 Å². The van der Waals surface area contributed by atoms with Crippen LogP contribution in [0.3, 0.4) is 0 Å². The lowest BCUT2D eigenvalue weighted by atomic mass is 10.1. The van der Waals surface area contributed by atoms with Gasteiger partial charge in [-0.2, -0.15) is 0 Å². The molecule has 1 aromatic rings. The van der Waals surface area contributed by atoms with Crippen LogP contribution >= 0.6 is 0 Å². The lowest BCUT2D eigenvalue weighted by Crippen LogP contribution is -2.44. The topological polar surface area (TPSA) is 35.6 Å². The van der Waals surface area contributed by atoms with Gasteiger partial charge in [0.25, 0.3) is 5.91 Å². The van der Waals surface area contributed by atoms with Crippen LogP contribution < -0.4 is 10.2 Å². The Labute approximate surface area is 102 Å². The second-order valence-electron chi connectivity index (χ2n) is 4.35. The van der Waals surface area contributed by atoms with Crippen molar-refractivity contribution in [2.75, 3.05) is 45.2 Å². The fourth-order valence-electron chi connectivity index (χ4n) is 1.98. The maximum atomic E-state index is 11.5. The number of hydrogen-bond donors (Lipinski definition) is 1. The smallest absolute Gasteiger partial charge is 0.251 e. The summed E-state index contributed by atoms with van der Waals surface area (Å²) in [5.74, 6) is -0.0581. The Bertz CT molecular complexity index is 397. The van der Waals surface area contributed by atoms with Gasteiger partial charge in [-0.1, -0.05) is 0 Å². The van der Waals surface area contributed by atoms with E-state index in [2.05, 4.69) is 28.2 Å². The minimum atomic E-state index is -0.0581. The van der Waals surface area contributed by atoms with Crippen LogP contribution in [0, 0.1) is 6.07 Å². The van der Waals surface area contributed by atoms with Gasteiger partial charge in [0.1, 0.15) is 0 Å². The third kappa shape index (κ3) is 2.77. The zero-order valence-corrected chi connectivity index (χ0v) is 10.4. The van der Waals surface area contributed by atoms with E-state index in [4.69, 9.17) is 0 Å². The standard InChI is InChI=1S/C13H18N3O/c1-14-13(17)11-4-3-5-12(10-11)16-8-6-15(2)7-9-16/h4-5,10H,6-9H2,1-2H3,(H,14,17). The highest BCUT2D eigenvalue weighted by atomic mass is 16.1. The fraction of sp³-hybridized carbons (Fsp3) is 0.462. The lowest BCUT2D eigenvalue weighted by Gasteiger charge is -2.34. The van der Waals surface area contributed by atoms with Gasteiger partial charge in [0, 0.05) is 44.5 Å². The molecule has 4 nitrogen and oxygen atoms in total. The molecular formula is C13H18N3O. The van der Waals surface area contributed by atoms with Crippen molar-refractivity contribution in [3.63, 3.8) is 0 Å². The molecule has 0 unspecified atom stereocenters. The van der Waals surface area contributed by atoms with Gasteiger partial charge in [0.05, 0.1) is 0 Å². The van der Waals surface area contributed by atoms with Gasteiger partial charge >= 0.3 is 0 Å². The van der Waals surface area contributed by atoms with Gasteiger partial charge in [0.2, 0.25) is 0 Å². The highest BCUT2D eigenvalue weighted by molar-refractivity contribution is 5.94. The van der Waals surface area contributed by atoms with Gasteiger partial charge in [-0.3, -0.25) is 4.79 Å². The van der Waals surface area contributed by atoms with Crippen LogP contribution in [-0.2, 0) is 0 Å². The first kappa shape index (κ1) is 11.9. The van der Waals surface area contributed by atoms with Crippen molar-refractivity contribution in [3.8, 4) is 0 Å². The number of piperazine rings is 1. The molecule has 1 radical (unpaired) electrons. The zero-order chi connectivity index (χ0) is 12.3. The van der Waals surface area contributed by atoms with Crippen molar-refractivity contribution in [2.24, 2.45) is 0 Å². The van der Waals surface area contributed by atoms with Gasteiger partial charge in [-0.05, 0) is 31.3 Å². The monoisotopic (exact) mass is 232 g/mol. The molecule has 0 spiro atoms. The van der Waals surface area contributed by atoms with Crippen LogP contribution in [-0.4, -0.2) is 51.1 Å². The van der Waals surface area contributed by atoms with Crippen LogP contribution in [0.25, 0.3) is 0 Å². The van der Waals surface area contributed by atoms with E-state index < -0.39 is 0 Å². The molecule has 1 saturated heterocycles. The number of carbonyl (C=O) groups excluding carboxylic acids is 1. The molecule has 0 bridgehead atoms. The number of hydrogen-bond acceptors (Lipinski definition) is 3. The van der Waals surface area contributed by atoms with Gasteiger partial charge in [0.15, 0.2) is 0 Å². The molecule has 91 valence electrons. The molecule has 4 heteroatoms. The number of benzene rings is 1. The first-order valence-electron chi connectivity index (χ1n) is 5.87. The number of anilines is 1. The molecule has 1 aliphatic heterocycles. The fourth-order valence-corrected chi connectivity index (χ4v) is 1.98. The first-order chi connectivity index (χ1) is 8.20. The molecule has 1 amide bonds. The molecule has 0 aromatic heterocycles. The Balaban J connectivity index is 2.13. The van der Waals surface area contributed by atoms with Gasteiger partial charge < -0.3 is 15.1 Å². The summed E-state index contributed by atoms with van der Waals surface area (Å²) in [7, 11) is 3.77. The van der Waals surface area contributed by atoms with Crippen molar-refractivity contribution in [2.45, 2.75) is 0 Å². The molecule has 1 fully saturated rings. The Morgan fingerprint density at radius 2 is 2.00 bits per heavy atom. The molecule has 0 aliphatic carbocycles. The van der Waals surface area contributed by atoms with E-state index in [-0.39, 0.29) is 5.91 Å². The van der Waals surface area contributed by atoms with E-state index in [0.717, 1.165) is 31.9 Å². The second-order valence-corrected chi connectivity index (χ2v) is 4.35. The SMILES string of the molecule is CNC(=O)c1c[c]cc(N2CCN(C)CC2)c1. The summed E-state index contributed by atoms with van der Waals surface area (Å²) in [6, 6.07) is 8.63. The second kappa shape index (κ2) is 5.19. The van der Waals surface area contributed by atoms with Crippen molar-refractivity contribution < 1.29 is 4.79 Å². The Hall–Kier alpha value is -1.55. The predicted molar refractivity (Wildman–Crippen MR) is 68.4 cm³/mol. The summed E-state index contributed by atoms with van der Waals surface area (Å²) >= 11 is 0. The minimum Gasteiger partial charge on any atom is -0.369 e. The van der Waals surface area contributed by atoms with Crippen molar-refractivity contribution in [3.05, 3.63) is 29.8 Å². The van der Waals surface area contributed by atoms with E-state index in [9.17, 15) is 4.79 Å². The summed E-state index contributed by atoms with van der Waals surface area (Å²) in [4.78, 5) is 16.1. The predicted octanol–water partition coefficient (Wildman–Crippen LogP) is 0.598. The molecule has 0 saturated carbocycles. The molecule has 1 N–H and O–H groups in total. The van der Waals surface area contributed by atoms with Crippen LogP contribution in [0.2, 0.25) is 0 Å². The number of rotatable bonds is 2. The summed E-state index contributed by atoms with van der Waals surface area (Å²) in [5.41, 5.74) is 1.75. The third-order valence-electron chi connectivity index (χ3n) is 3.13. The van der Waals surface area contributed by atoms with E-state index in [1.165, 1.54) is 0 Å². The maximum Gasteiger partial charge on any atom is 0.251 e. The lowest BCUT2D eigenvalue weighted by molar-refractivity contribution is 0.0963. The Morgan fingerprint density at radius 3 is 2.65 bits per heavy atom. The molecule has 1 aliphatic rings. The molecule has 17 heavy (non-hydrogen) atoms. The van der Waals surface area contributed by atoms with E-state index in [1.54, 1.807) is 13.1 Å². The van der Waals surface area contributed by atoms with E-state index >= 15 is 0 Å². The van der Waals surface area contributed by atoms with E-state index in [0.29, 0.717) is 5.56 Å². The number of carbonyl (C=O) groups is 1. The van der Waals surface area contributed by atoms with Crippen molar-refractivity contribution in [1.29, 1.82) is 0 Å². The highest BCUT2D eigenvalue weighted by Crippen LogP contribution is 2.17. The number of amides is 1. The largest absolute Gasteiger partial charge is 0.369 e. The van der Waals surface area contributed by atoms with Crippen molar-refractivity contribution >= 4 is 11.6 Å².